The van der Waals surface area contributed by atoms with Crippen molar-refractivity contribution >= 4 is 11.9 Å². The standard InChI is InChI=1S/C27H52O4/c1-22(2)17-19-27(26(30)31,20-18-23(3)4)21-24(5)15-13-11-9-7-6-8-10-12-14-16-25(28)29/h22-24H,6-21H2,1-5H3,(H,28,29)(H,30,31). The molecule has 0 radical (unpaired) electrons. The molecule has 184 valence electrons. The molecule has 31 heavy (non-hydrogen) atoms. The Morgan fingerprint density at radius 2 is 1.06 bits per heavy atom. The first-order valence-corrected chi connectivity index (χ1v) is 13.0. The van der Waals surface area contributed by atoms with Crippen molar-refractivity contribution in [3.8, 4) is 0 Å². The van der Waals surface area contributed by atoms with Gasteiger partial charge in [-0.05, 0) is 56.3 Å². The fourth-order valence-corrected chi connectivity index (χ4v) is 4.54. The van der Waals surface area contributed by atoms with Crippen molar-refractivity contribution in [3.63, 3.8) is 0 Å². The third-order valence-electron chi connectivity index (χ3n) is 6.68. The van der Waals surface area contributed by atoms with E-state index in [2.05, 4.69) is 34.6 Å². The van der Waals surface area contributed by atoms with Crippen LogP contribution < -0.4 is 0 Å². The van der Waals surface area contributed by atoms with E-state index in [1.807, 2.05) is 0 Å². The van der Waals surface area contributed by atoms with Crippen molar-refractivity contribution in [2.45, 2.75) is 137 Å². The number of carboxylic acid groups (broad SMARTS) is 2. The lowest BCUT2D eigenvalue weighted by atomic mass is 9.70. The summed E-state index contributed by atoms with van der Waals surface area (Å²) < 4.78 is 0. The van der Waals surface area contributed by atoms with Crippen LogP contribution in [0.2, 0.25) is 0 Å². The summed E-state index contributed by atoms with van der Waals surface area (Å²) in [6.45, 7) is 11.0. The third kappa shape index (κ3) is 16.3. The summed E-state index contributed by atoms with van der Waals surface area (Å²) >= 11 is 0. The van der Waals surface area contributed by atoms with Crippen molar-refractivity contribution in [2.75, 3.05) is 0 Å². The zero-order valence-electron chi connectivity index (χ0n) is 21.3. The van der Waals surface area contributed by atoms with Crippen LogP contribution in [0.4, 0.5) is 0 Å². The molecule has 1 atom stereocenters. The summed E-state index contributed by atoms with van der Waals surface area (Å²) in [6.07, 6.45) is 16.2. The van der Waals surface area contributed by atoms with Gasteiger partial charge >= 0.3 is 11.9 Å². The number of carboxylic acids is 2. The highest BCUT2D eigenvalue weighted by Crippen LogP contribution is 2.40. The Hall–Kier alpha value is -1.06. The molecule has 0 spiro atoms. The molecule has 0 aromatic rings. The Bertz CT molecular complexity index is 458. The number of hydrogen-bond donors (Lipinski definition) is 2. The van der Waals surface area contributed by atoms with E-state index in [4.69, 9.17) is 5.11 Å². The molecule has 0 fully saturated rings. The van der Waals surface area contributed by atoms with Crippen LogP contribution in [-0.2, 0) is 9.59 Å². The smallest absolute Gasteiger partial charge is 0.309 e. The highest BCUT2D eigenvalue weighted by Gasteiger charge is 2.39. The summed E-state index contributed by atoms with van der Waals surface area (Å²) in [7, 11) is 0. The van der Waals surface area contributed by atoms with E-state index in [1.165, 1.54) is 38.5 Å². The zero-order chi connectivity index (χ0) is 23.7. The molecule has 0 saturated carbocycles. The summed E-state index contributed by atoms with van der Waals surface area (Å²) in [6, 6.07) is 0. The fraction of sp³-hybridized carbons (Fsp3) is 0.926. The van der Waals surface area contributed by atoms with E-state index in [9.17, 15) is 14.7 Å². The molecule has 0 rings (SSSR count). The zero-order valence-corrected chi connectivity index (χ0v) is 21.3. The predicted octanol–water partition coefficient (Wildman–Crippen LogP) is 8.33. The molecule has 0 aliphatic rings. The van der Waals surface area contributed by atoms with Gasteiger partial charge in [-0.1, -0.05) is 92.4 Å². The van der Waals surface area contributed by atoms with E-state index in [1.54, 1.807) is 0 Å². The lowest BCUT2D eigenvalue weighted by molar-refractivity contribution is -0.151. The van der Waals surface area contributed by atoms with Gasteiger partial charge in [0.1, 0.15) is 0 Å². The molecule has 4 nitrogen and oxygen atoms in total. The molecule has 0 bridgehead atoms. The van der Waals surface area contributed by atoms with Gasteiger partial charge in [-0.2, -0.15) is 0 Å². The molecule has 1 unspecified atom stereocenters. The highest BCUT2D eigenvalue weighted by atomic mass is 16.4. The fourth-order valence-electron chi connectivity index (χ4n) is 4.54. The molecule has 4 heteroatoms. The average Bonchev–Trinajstić information content (AvgIpc) is 2.67. The van der Waals surface area contributed by atoms with E-state index in [0.29, 0.717) is 24.2 Å². The molecule has 0 aromatic heterocycles. The largest absolute Gasteiger partial charge is 0.481 e. The van der Waals surface area contributed by atoms with Gasteiger partial charge in [-0.25, -0.2) is 0 Å². The van der Waals surface area contributed by atoms with Crippen LogP contribution in [0.3, 0.4) is 0 Å². The molecule has 0 aliphatic heterocycles. The number of rotatable bonds is 21. The lowest BCUT2D eigenvalue weighted by Crippen LogP contribution is -2.34. The normalized spacial score (nSPS) is 13.1. The SMILES string of the molecule is CC(C)CCC(CCC(C)C)(CC(C)CCCCCCCCCCCC(=O)O)C(=O)O. The molecular weight excluding hydrogens is 388 g/mol. The van der Waals surface area contributed by atoms with Crippen molar-refractivity contribution in [1.82, 2.24) is 0 Å². The van der Waals surface area contributed by atoms with Crippen LogP contribution in [0.1, 0.15) is 137 Å². The van der Waals surface area contributed by atoms with Gasteiger partial charge in [0.25, 0.3) is 0 Å². The topological polar surface area (TPSA) is 74.6 Å². The monoisotopic (exact) mass is 440 g/mol. The van der Waals surface area contributed by atoms with Crippen molar-refractivity contribution in [2.24, 2.45) is 23.2 Å². The first-order chi connectivity index (χ1) is 14.6. The first-order valence-electron chi connectivity index (χ1n) is 13.0. The second-order valence-corrected chi connectivity index (χ2v) is 10.9. The molecule has 0 amide bonds. The van der Waals surface area contributed by atoms with E-state index >= 15 is 0 Å². The van der Waals surface area contributed by atoms with Gasteiger partial charge in [0.15, 0.2) is 0 Å². The van der Waals surface area contributed by atoms with Crippen molar-refractivity contribution < 1.29 is 19.8 Å². The van der Waals surface area contributed by atoms with E-state index < -0.39 is 17.4 Å². The second kappa shape index (κ2) is 17.5. The maximum atomic E-state index is 12.3. The maximum Gasteiger partial charge on any atom is 0.309 e. The van der Waals surface area contributed by atoms with Crippen molar-refractivity contribution in [1.29, 1.82) is 0 Å². The molecule has 0 saturated heterocycles. The van der Waals surface area contributed by atoms with Crippen LogP contribution in [0.25, 0.3) is 0 Å². The van der Waals surface area contributed by atoms with Crippen LogP contribution in [0.5, 0.6) is 0 Å². The summed E-state index contributed by atoms with van der Waals surface area (Å²) in [4.78, 5) is 22.8. The molecule has 0 aliphatic carbocycles. The lowest BCUT2D eigenvalue weighted by Gasteiger charge is -2.33. The van der Waals surface area contributed by atoms with E-state index in [-0.39, 0.29) is 0 Å². The first kappa shape index (κ1) is 29.9. The minimum absolute atomic E-state index is 0.302. The van der Waals surface area contributed by atoms with Gasteiger partial charge in [-0.15, -0.1) is 0 Å². The second-order valence-electron chi connectivity index (χ2n) is 10.9. The molecule has 2 N–H and O–H groups in total. The number of carbonyl (C=O) groups is 2. The van der Waals surface area contributed by atoms with Gasteiger partial charge in [0, 0.05) is 6.42 Å². The third-order valence-corrected chi connectivity index (χ3v) is 6.68. The van der Waals surface area contributed by atoms with Crippen LogP contribution in [0, 0.1) is 23.2 Å². The van der Waals surface area contributed by atoms with Crippen molar-refractivity contribution in [3.05, 3.63) is 0 Å². The summed E-state index contributed by atoms with van der Waals surface area (Å²) in [5, 5.41) is 18.8. The molecule has 0 heterocycles. The van der Waals surface area contributed by atoms with Crippen LogP contribution >= 0.6 is 0 Å². The predicted molar refractivity (Wildman–Crippen MR) is 130 cm³/mol. The summed E-state index contributed by atoms with van der Waals surface area (Å²) in [5.74, 6) is 0.291. The Labute approximate surface area is 192 Å². The molecular formula is C27H52O4. The average molecular weight is 441 g/mol. The van der Waals surface area contributed by atoms with E-state index in [0.717, 1.165) is 57.8 Å². The summed E-state index contributed by atoms with van der Waals surface area (Å²) in [5.41, 5.74) is -0.547. The van der Waals surface area contributed by atoms with Gasteiger partial charge in [-0.3, -0.25) is 9.59 Å². The quantitative estimate of drug-likeness (QED) is 0.176. The van der Waals surface area contributed by atoms with Gasteiger partial charge in [0.2, 0.25) is 0 Å². The van der Waals surface area contributed by atoms with Gasteiger partial charge < -0.3 is 10.2 Å². The highest BCUT2D eigenvalue weighted by molar-refractivity contribution is 5.74. The number of aliphatic carboxylic acids is 2. The number of unbranched alkanes of at least 4 members (excludes halogenated alkanes) is 8. The Morgan fingerprint density at radius 3 is 1.45 bits per heavy atom. The minimum atomic E-state index is -0.685. The maximum absolute atomic E-state index is 12.3. The Kier molecular flexibility index (Phi) is 16.9. The van der Waals surface area contributed by atoms with Crippen LogP contribution in [0.15, 0.2) is 0 Å². The minimum Gasteiger partial charge on any atom is -0.481 e. The number of hydrogen-bond acceptors (Lipinski definition) is 2. The Morgan fingerprint density at radius 1 is 0.645 bits per heavy atom. The Balaban J connectivity index is 4.19. The van der Waals surface area contributed by atoms with Crippen LogP contribution in [-0.4, -0.2) is 22.2 Å². The molecule has 0 aromatic carbocycles. The van der Waals surface area contributed by atoms with Gasteiger partial charge in [0.05, 0.1) is 5.41 Å².